The summed E-state index contributed by atoms with van der Waals surface area (Å²) in [6, 6.07) is 1.75. The van der Waals surface area contributed by atoms with Crippen molar-refractivity contribution in [1.82, 2.24) is 10.3 Å². The average molecular weight is 250 g/mol. The van der Waals surface area contributed by atoms with Crippen LogP contribution in [0.1, 0.15) is 23.2 Å². The standard InChI is InChI=1S/C13H15FN2O2/c14-10-1-9(4-15-5-10)13(17)8-2-11-6-18-7-12(3-8)16-11/h1,4-5,8,11-12,16H,2-3,6-7H2. The number of fused-ring (bicyclic) bond motifs is 2. The molecule has 2 bridgehead atoms. The highest BCUT2D eigenvalue weighted by Crippen LogP contribution is 2.27. The van der Waals surface area contributed by atoms with E-state index in [-0.39, 0.29) is 23.8 Å². The predicted octanol–water partition coefficient (Wildman–Crippen LogP) is 1.17. The number of ketones is 1. The van der Waals surface area contributed by atoms with Gasteiger partial charge in [0.15, 0.2) is 5.78 Å². The number of halogens is 1. The first-order valence-electron chi connectivity index (χ1n) is 6.21. The molecule has 2 fully saturated rings. The van der Waals surface area contributed by atoms with Crippen molar-refractivity contribution in [3.8, 4) is 0 Å². The second-order valence-electron chi connectivity index (χ2n) is 5.02. The molecule has 5 heteroatoms. The summed E-state index contributed by atoms with van der Waals surface area (Å²) in [5.41, 5.74) is 0.376. The lowest BCUT2D eigenvalue weighted by atomic mass is 9.82. The van der Waals surface area contributed by atoms with E-state index in [2.05, 4.69) is 10.3 Å². The normalized spacial score (nSPS) is 31.1. The summed E-state index contributed by atoms with van der Waals surface area (Å²) >= 11 is 0. The van der Waals surface area contributed by atoms with Crippen LogP contribution in [0.4, 0.5) is 4.39 Å². The maximum Gasteiger partial charge on any atom is 0.167 e. The van der Waals surface area contributed by atoms with Gasteiger partial charge < -0.3 is 10.1 Å². The third-order valence-electron chi connectivity index (χ3n) is 3.61. The minimum atomic E-state index is -0.460. The SMILES string of the molecule is O=C(c1cncc(F)c1)C1CC2COCC(C1)N2. The highest BCUT2D eigenvalue weighted by atomic mass is 19.1. The molecule has 2 saturated heterocycles. The van der Waals surface area contributed by atoms with E-state index in [1.807, 2.05) is 0 Å². The van der Waals surface area contributed by atoms with E-state index in [0.717, 1.165) is 19.0 Å². The zero-order valence-electron chi connectivity index (χ0n) is 9.93. The monoisotopic (exact) mass is 250 g/mol. The lowest BCUT2D eigenvalue weighted by Crippen LogP contribution is -2.55. The van der Waals surface area contributed by atoms with Crippen LogP contribution < -0.4 is 5.32 Å². The number of nitrogens with one attached hydrogen (secondary N) is 1. The molecule has 1 N–H and O–H groups in total. The van der Waals surface area contributed by atoms with Crippen LogP contribution in [-0.4, -0.2) is 36.1 Å². The van der Waals surface area contributed by atoms with Crippen molar-refractivity contribution in [2.45, 2.75) is 24.9 Å². The molecule has 0 radical (unpaired) electrons. The van der Waals surface area contributed by atoms with Crippen LogP contribution in [0, 0.1) is 11.7 Å². The Morgan fingerprint density at radius 3 is 2.72 bits per heavy atom. The molecule has 2 unspecified atom stereocenters. The van der Waals surface area contributed by atoms with Crippen LogP contribution in [-0.2, 0) is 4.74 Å². The Balaban J connectivity index is 1.76. The number of carbonyl (C=O) groups is 1. The Hall–Kier alpha value is -1.33. The first-order chi connectivity index (χ1) is 8.72. The molecule has 0 aromatic carbocycles. The van der Waals surface area contributed by atoms with Gasteiger partial charge in [0.2, 0.25) is 0 Å². The van der Waals surface area contributed by atoms with E-state index in [1.54, 1.807) is 0 Å². The number of Topliss-reactive ketones (excluding diaryl/α,β-unsaturated/α-hetero) is 1. The topological polar surface area (TPSA) is 51.2 Å². The Morgan fingerprint density at radius 1 is 1.33 bits per heavy atom. The first-order valence-corrected chi connectivity index (χ1v) is 6.21. The molecular formula is C13H15FN2O2. The van der Waals surface area contributed by atoms with E-state index >= 15 is 0 Å². The average Bonchev–Trinajstić information content (AvgIpc) is 2.37. The molecule has 2 atom stereocenters. The van der Waals surface area contributed by atoms with Gasteiger partial charge >= 0.3 is 0 Å². The zero-order valence-corrected chi connectivity index (χ0v) is 9.93. The van der Waals surface area contributed by atoms with Gasteiger partial charge in [0.1, 0.15) is 5.82 Å². The molecule has 4 nitrogen and oxygen atoms in total. The van der Waals surface area contributed by atoms with Crippen molar-refractivity contribution >= 4 is 5.78 Å². The lowest BCUT2D eigenvalue weighted by molar-refractivity contribution is 0.00951. The first kappa shape index (κ1) is 11.7. The van der Waals surface area contributed by atoms with E-state index in [1.165, 1.54) is 12.3 Å². The number of nitrogens with zero attached hydrogens (tertiary/aromatic N) is 1. The van der Waals surface area contributed by atoms with Crippen molar-refractivity contribution in [1.29, 1.82) is 0 Å². The Bertz CT molecular complexity index is 454. The van der Waals surface area contributed by atoms with Crippen molar-refractivity contribution < 1.29 is 13.9 Å². The van der Waals surface area contributed by atoms with Crippen molar-refractivity contribution in [3.05, 3.63) is 29.8 Å². The van der Waals surface area contributed by atoms with Gasteiger partial charge in [-0.2, -0.15) is 0 Å². The third-order valence-corrected chi connectivity index (χ3v) is 3.61. The van der Waals surface area contributed by atoms with Gasteiger partial charge in [-0.25, -0.2) is 4.39 Å². The van der Waals surface area contributed by atoms with Gasteiger partial charge in [-0.05, 0) is 18.9 Å². The molecule has 2 aliphatic rings. The minimum Gasteiger partial charge on any atom is -0.378 e. The summed E-state index contributed by atoms with van der Waals surface area (Å²) in [6.07, 6.45) is 4.07. The van der Waals surface area contributed by atoms with Gasteiger partial charge in [0.25, 0.3) is 0 Å². The molecule has 0 amide bonds. The van der Waals surface area contributed by atoms with Crippen LogP contribution in [0.15, 0.2) is 18.5 Å². The number of morpholine rings is 1. The summed E-state index contributed by atoms with van der Waals surface area (Å²) in [5, 5.41) is 3.43. The van der Waals surface area contributed by atoms with Crippen LogP contribution in [0.2, 0.25) is 0 Å². The fourth-order valence-corrected chi connectivity index (χ4v) is 2.83. The molecule has 2 aliphatic heterocycles. The number of hydrogen-bond donors (Lipinski definition) is 1. The minimum absolute atomic E-state index is 0.000370. The molecule has 0 spiro atoms. The van der Waals surface area contributed by atoms with Crippen molar-refractivity contribution in [3.63, 3.8) is 0 Å². The molecule has 96 valence electrons. The van der Waals surface area contributed by atoms with Crippen LogP contribution in [0.5, 0.6) is 0 Å². The summed E-state index contributed by atoms with van der Waals surface area (Å²) in [6.45, 7) is 1.31. The van der Waals surface area contributed by atoms with Gasteiger partial charge in [-0.3, -0.25) is 9.78 Å². The summed E-state index contributed by atoms with van der Waals surface area (Å²) < 4.78 is 18.5. The summed E-state index contributed by atoms with van der Waals surface area (Å²) in [4.78, 5) is 16.0. The molecule has 1 aromatic rings. The van der Waals surface area contributed by atoms with Crippen molar-refractivity contribution in [2.24, 2.45) is 5.92 Å². The van der Waals surface area contributed by atoms with E-state index in [4.69, 9.17) is 4.74 Å². The molecular weight excluding hydrogens is 235 g/mol. The van der Waals surface area contributed by atoms with Crippen LogP contribution in [0.3, 0.4) is 0 Å². The number of aromatic nitrogens is 1. The Kier molecular flexibility index (Phi) is 3.09. The molecule has 0 saturated carbocycles. The van der Waals surface area contributed by atoms with E-state index in [0.29, 0.717) is 18.8 Å². The number of carbonyl (C=O) groups excluding carboxylic acids is 1. The molecule has 0 aliphatic carbocycles. The zero-order chi connectivity index (χ0) is 12.5. The highest BCUT2D eigenvalue weighted by molar-refractivity contribution is 5.97. The van der Waals surface area contributed by atoms with E-state index in [9.17, 15) is 9.18 Å². The number of hydrogen-bond acceptors (Lipinski definition) is 4. The van der Waals surface area contributed by atoms with Crippen LogP contribution >= 0.6 is 0 Å². The quantitative estimate of drug-likeness (QED) is 0.801. The Labute approximate surface area is 105 Å². The number of rotatable bonds is 2. The van der Waals surface area contributed by atoms with Gasteiger partial charge in [0.05, 0.1) is 19.4 Å². The largest absolute Gasteiger partial charge is 0.378 e. The fourth-order valence-electron chi connectivity index (χ4n) is 2.83. The fraction of sp³-hybridized carbons (Fsp3) is 0.538. The summed E-state index contributed by atoms with van der Waals surface area (Å²) in [5.74, 6) is -0.507. The second kappa shape index (κ2) is 4.74. The summed E-state index contributed by atoms with van der Waals surface area (Å²) in [7, 11) is 0. The Morgan fingerprint density at radius 2 is 2.06 bits per heavy atom. The maximum absolute atomic E-state index is 13.1. The molecule has 1 aromatic heterocycles. The maximum atomic E-state index is 13.1. The number of ether oxygens (including phenoxy) is 1. The third kappa shape index (κ3) is 2.28. The second-order valence-corrected chi connectivity index (χ2v) is 5.02. The van der Waals surface area contributed by atoms with E-state index < -0.39 is 5.82 Å². The van der Waals surface area contributed by atoms with Crippen molar-refractivity contribution in [2.75, 3.05) is 13.2 Å². The lowest BCUT2D eigenvalue weighted by Gasteiger charge is -2.39. The molecule has 18 heavy (non-hydrogen) atoms. The highest BCUT2D eigenvalue weighted by Gasteiger charge is 2.35. The van der Waals surface area contributed by atoms with Crippen LogP contribution in [0.25, 0.3) is 0 Å². The smallest absolute Gasteiger partial charge is 0.167 e. The van der Waals surface area contributed by atoms with Gasteiger partial charge in [0, 0.05) is 29.8 Å². The van der Waals surface area contributed by atoms with Gasteiger partial charge in [-0.15, -0.1) is 0 Å². The van der Waals surface area contributed by atoms with Gasteiger partial charge in [-0.1, -0.05) is 0 Å². The number of piperidine rings is 1. The number of pyridine rings is 1. The predicted molar refractivity (Wildman–Crippen MR) is 62.8 cm³/mol. The molecule has 3 heterocycles. The molecule has 3 rings (SSSR count).